The fraction of sp³-hybridized carbons (Fsp3) is 0.605. The number of rotatable bonds is 12. The van der Waals surface area contributed by atoms with Crippen LogP contribution < -0.4 is 5.32 Å². The summed E-state index contributed by atoms with van der Waals surface area (Å²) in [4.78, 5) is 7.75. The van der Waals surface area contributed by atoms with Crippen LogP contribution in [0.25, 0.3) is 44.1 Å². The zero-order valence-corrected chi connectivity index (χ0v) is 67.7. The average molecular weight is 1740 g/mol. The molecule has 8 saturated heterocycles. The number of H-pyrrole nitrogens is 2. The molecule has 8 aliphatic heterocycles. The summed E-state index contributed by atoms with van der Waals surface area (Å²) in [5, 5.41) is 41.1. The summed E-state index contributed by atoms with van der Waals surface area (Å²) in [7, 11) is 2.10. The minimum atomic E-state index is 0.0254. The van der Waals surface area contributed by atoms with Crippen LogP contribution >= 0.6 is 77.7 Å². The van der Waals surface area contributed by atoms with E-state index in [1.54, 1.807) is 26.5 Å². The number of likely N-dealkylation sites (tertiary alicyclic amines) is 3. The molecule has 21 nitrogen and oxygen atoms in total. The Morgan fingerprint density at radius 3 is 1.39 bits per heavy atom. The van der Waals surface area contributed by atoms with E-state index >= 15 is 0 Å². The minimum absolute atomic E-state index is 0.0254. The molecule has 1 aliphatic carbocycles. The van der Waals surface area contributed by atoms with Gasteiger partial charge in [0.2, 0.25) is 0 Å². The molecular weight excluding hydrogens is 1640 g/mol. The number of nitrogens with one attached hydrogen (secondary N) is 3. The molecular formula is C76H102Cl3CuI2N16O5. The van der Waals surface area contributed by atoms with Crippen LogP contribution in [-0.2, 0) is 36.4 Å². The first-order chi connectivity index (χ1) is 50.1. The number of fused-ring (bicyclic) bond motifs is 3. The molecule has 0 amide bonds. The quantitative estimate of drug-likeness (QED) is 0.0771. The molecule has 562 valence electrons. The Labute approximate surface area is 654 Å². The summed E-state index contributed by atoms with van der Waals surface area (Å²) in [6.45, 7) is 22.7. The SMILES string of the molecule is CC1(N2CCC(c3cc4[nH]ncc4cc3Cl)CC2)COC1.CC1(N2CCC(c3cc4c(cnn4-c4cn[nH]c4)cc3Cl)CC2)COC1.CC1(N2CCC(c3cc4c(cnn4-c4cnn(C5CCCCO5)c4)cc3Cl)CC2)COC1.CC[C@@H]1CCCC[C@H]1NC.Ic1cnn(C2CCCCO2)c1.[Cu][I]. The molecule has 0 bridgehead atoms. The van der Waals surface area contributed by atoms with Crippen molar-refractivity contribution < 1.29 is 36.4 Å². The molecule has 9 aliphatic rings. The number of nitrogens with zero attached hydrogens (tertiary/aromatic N) is 13. The first-order valence-corrected chi connectivity index (χ1v) is 42.6. The van der Waals surface area contributed by atoms with Crippen molar-refractivity contribution in [2.75, 3.05) is 99.2 Å². The second-order valence-electron chi connectivity index (χ2n) is 30.3. The topological polar surface area (TPSA) is 197 Å². The van der Waals surface area contributed by atoms with Gasteiger partial charge in [-0.05, 0) is 256 Å². The van der Waals surface area contributed by atoms with E-state index in [2.05, 4.69) is 155 Å². The predicted octanol–water partition coefficient (Wildman–Crippen LogP) is 16.3. The molecule has 4 atom stereocenters. The van der Waals surface area contributed by atoms with Gasteiger partial charge in [-0.2, -0.15) is 30.6 Å². The summed E-state index contributed by atoms with van der Waals surface area (Å²) in [6, 6.07) is 13.6. The molecule has 3 N–H and O–H groups in total. The second kappa shape index (κ2) is 35.7. The van der Waals surface area contributed by atoms with E-state index in [-0.39, 0.29) is 29.1 Å². The summed E-state index contributed by atoms with van der Waals surface area (Å²) in [5.41, 5.74) is 9.58. The molecule has 27 heteroatoms. The van der Waals surface area contributed by atoms with Crippen LogP contribution in [0.15, 0.2) is 92.2 Å². The summed E-state index contributed by atoms with van der Waals surface area (Å²) in [5.74, 6) is 2.46. The number of halogens is 5. The first kappa shape index (κ1) is 77.4. The van der Waals surface area contributed by atoms with Crippen LogP contribution in [0.3, 0.4) is 0 Å². The van der Waals surface area contributed by atoms with Crippen molar-refractivity contribution in [3.05, 3.63) is 127 Å². The van der Waals surface area contributed by atoms with Gasteiger partial charge in [-0.1, -0.05) is 61.0 Å². The van der Waals surface area contributed by atoms with Gasteiger partial charge < -0.3 is 29.0 Å². The summed E-state index contributed by atoms with van der Waals surface area (Å²) >= 11 is 28.0. The maximum atomic E-state index is 6.76. The molecule has 9 aromatic rings. The molecule has 18 rings (SSSR count). The average Bonchev–Trinajstić information content (AvgIpc) is 1.77. The number of hydrogen-bond acceptors (Lipinski definition) is 15. The van der Waals surface area contributed by atoms with Gasteiger partial charge in [-0.25, -0.2) is 18.7 Å². The van der Waals surface area contributed by atoms with Crippen molar-refractivity contribution in [3.63, 3.8) is 0 Å². The Balaban J connectivity index is 0.000000120. The van der Waals surface area contributed by atoms with Gasteiger partial charge in [0.15, 0.2) is 0 Å². The third-order valence-corrected chi connectivity index (χ3v) is 24.9. The van der Waals surface area contributed by atoms with E-state index in [4.69, 9.17) is 58.5 Å². The summed E-state index contributed by atoms with van der Waals surface area (Å²) < 4.78 is 36.7. The molecule has 0 spiro atoms. The fourth-order valence-electron chi connectivity index (χ4n) is 16.8. The zero-order chi connectivity index (χ0) is 71.7. The molecule has 1 saturated carbocycles. The van der Waals surface area contributed by atoms with Gasteiger partial charge in [0.1, 0.15) is 23.8 Å². The van der Waals surface area contributed by atoms with Crippen molar-refractivity contribution in [1.29, 1.82) is 0 Å². The van der Waals surface area contributed by atoms with Crippen LogP contribution in [0.4, 0.5) is 0 Å². The normalized spacial score (nSPS) is 24.0. The number of benzene rings is 3. The molecule has 3 aromatic carbocycles. The Hall–Kier alpha value is -3.81. The monoisotopic (exact) mass is 1740 g/mol. The number of piperidine rings is 3. The third-order valence-electron chi connectivity index (χ3n) is 23.3. The van der Waals surface area contributed by atoms with Crippen molar-refractivity contribution in [3.8, 4) is 11.4 Å². The molecule has 14 heterocycles. The fourth-order valence-corrected chi connectivity index (χ4v) is 18.1. The van der Waals surface area contributed by atoms with Crippen molar-refractivity contribution in [2.24, 2.45) is 5.92 Å². The van der Waals surface area contributed by atoms with Gasteiger partial charge in [0.25, 0.3) is 0 Å². The molecule has 103 heavy (non-hydrogen) atoms. The number of ether oxygens (including phenoxy) is 5. The van der Waals surface area contributed by atoms with Gasteiger partial charge in [-0.3, -0.25) is 24.9 Å². The Morgan fingerprint density at radius 2 is 0.971 bits per heavy atom. The van der Waals surface area contributed by atoms with Gasteiger partial charge in [0.05, 0.1) is 120 Å². The van der Waals surface area contributed by atoms with Gasteiger partial charge in [-0.15, -0.1) is 0 Å². The Kier molecular flexibility index (Phi) is 26.8. The zero-order valence-electron chi connectivity index (χ0n) is 60.2. The van der Waals surface area contributed by atoms with E-state index in [0.717, 1.165) is 221 Å². The maximum absolute atomic E-state index is 6.76. The predicted molar refractivity (Wildman–Crippen MR) is 421 cm³/mol. The molecule has 6 aromatic heterocycles. The van der Waals surface area contributed by atoms with E-state index in [1.165, 1.54) is 71.6 Å². The van der Waals surface area contributed by atoms with Crippen LogP contribution in [0.5, 0.6) is 0 Å². The van der Waals surface area contributed by atoms with E-state index in [0.29, 0.717) is 17.8 Å². The van der Waals surface area contributed by atoms with Gasteiger partial charge >= 0.3 is 33.1 Å². The standard InChI is InChI=1S/C24H30ClN5O2.C19H22ClN5O.C16H20ClN3O.C9H19N.C8H11IN2O.Cu.HI/c1-24(15-31-16-24)28-7-5-17(6-8-28)20-11-22-18(10-21(20)25)12-27-30(22)19-13-26-29(14-19)23-4-2-3-9-32-23;1-19(11-26-12-19)24-4-2-13(3-5-24)16-7-18-14(6-17(16)20)8-23-25(18)15-9-21-22-10-15;1-16(9-21-10-16)20-4-2-11(3-5-20)13-7-15-12(6-14(13)17)8-18-19-15;1-3-8-6-4-5-7-9(8)10-2;9-7-5-10-11(6-7)8-3-1-2-4-12-8;;/h10-14,17,23H,2-9,15-16H2,1H3;6-10,13H,2-5,11-12H2,1H3,(H,21,22);6-8,11H,2-5,9-10H2,1H3,(H,18,19);8-10H,3-7H2,1-2H3;5-6,8H,1-4H2;;1H/q;;;;;+1;/p-1/t;;;8-,9-;;;/m...1.../s1. The first-order valence-electron chi connectivity index (χ1n) is 37.4. The Morgan fingerprint density at radius 1 is 0.515 bits per heavy atom. The Bertz CT molecular complexity index is 4130. The molecule has 9 fully saturated rings. The van der Waals surface area contributed by atoms with E-state index in [1.807, 2.05) is 80.4 Å². The summed E-state index contributed by atoms with van der Waals surface area (Å²) in [6.07, 6.45) is 37.9. The molecule has 2 unspecified atom stereocenters. The molecule has 0 radical (unpaired) electrons. The van der Waals surface area contributed by atoms with E-state index in [9.17, 15) is 0 Å². The number of hydrogen-bond donors (Lipinski definition) is 3. The van der Waals surface area contributed by atoms with Crippen LogP contribution in [-0.4, -0.2) is 196 Å². The van der Waals surface area contributed by atoms with Crippen molar-refractivity contribution in [1.82, 2.24) is 79.5 Å². The third kappa shape index (κ3) is 18.1. The van der Waals surface area contributed by atoms with Crippen molar-refractivity contribution in [2.45, 2.75) is 190 Å². The number of aromatic amines is 2. The van der Waals surface area contributed by atoms with Crippen molar-refractivity contribution >= 4 is 110 Å². The van der Waals surface area contributed by atoms with E-state index < -0.39 is 0 Å². The van der Waals surface area contributed by atoms with Crippen LogP contribution in [0.2, 0.25) is 15.1 Å². The second-order valence-corrected chi connectivity index (χ2v) is 32.8. The van der Waals surface area contributed by atoms with Gasteiger partial charge in [0, 0.05) is 62.9 Å². The van der Waals surface area contributed by atoms with Crippen LogP contribution in [0, 0.1) is 9.49 Å². The number of aromatic nitrogens is 12. The van der Waals surface area contributed by atoms with Crippen LogP contribution in [0.1, 0.15) is 184 Å².